The van der Waals surface area contributed by atoms with Crippen LogP contribution in [0.2, 0.25) is 0 Å². The Morgan fingerprint density at radius 3 is 2.89 bits per heavy atom. The quantitative estimate of drug-likeness (QED) is 0.376. The topological polar surface area (TPSA) is 71.8 Å². The molecule has 0 amide bonds. The van der Waals surface area contributed by atoms with Gasteiger partial charge in [-0.25, -0.2) is 9.78 Å². The molecule has 3 heterocycles. The van der Waals surface area contributed by atoms with Crippen LogP contribution in [0.1, 0.15) is 0 Å². The fraction of sp³-hybridized carbons (Fsp3) is 0. The van der Waals surface area contributed by atoms with Crippen molar-refractivity contribution in [3.05, 3.63) is 47.1 Å². The molecule has 0 aliphatic heterocycles. The van der Waals surface area contributed by atoms with Gasteiger partial charge in [0.1, 0.15) is 5.58 Å². The van der Waals surface area contributed by atoms with Gasteiger partial charge >= 0.3 is 5.63 Å². The lowest BCUT2D eigenvalue weighted by Gasteiger charge is -2.02. The zero-order chi connectivity index (χ0) is 12.1. The summed E-state index contributed by atoms with van der Waals surface area (Å²) in [5, 5.41) is 9.80. The second-order valence-corrected chi connectivity index (χ2v) is 4.06. The summed E-state index contributed by atoms with van der Waals surface area (Å²) in [6.07, 6.45) is 3.20. The number of para-hydroxylation sites is 1. The SMILES string of the molecule is O=c1oc2ccccc2c2c1cnc1[nH]ncc12. The molecule has 0 unspecified atom stereocenters. The van der Waals surface area contributed by atoms with Crippen molar-refractivity contribution >= 4 is 32.8 Å². The fourth-order valence-corrected chi connectivity index (χ4v) is 2.26. The van der Waals surface area contributed by atoms with Gasteiger partial charge in [-0.05, 0) is 6.07 Å². The Hall–Kier alpha value is -2.69. The van der Waals surface area contributed by atoms with Crippen LogP contribution in [-0.2, 0) is 0 Å². The fourth-order valence-electron chi connectivity index (χ4n) is 2.26. The Balaban J connectivity index is 2.47. The average molecular weight is 237 g/mol. The van der Waals surface area contributed by atoms with Gasteiger partial charge in [0.15, 0.2) is 5.65 Å². The highest BCUT2D eigenvalue weighted by Crippen LogP contribution is 2.27. The number of aromatic nitrogens is 3. The second kappa shape index (κ2) is 3.16. The lowest BCUT2D eigenvalue weighted by atomic mass is 10.1. The number of rotatable bonds is 0. The van der Waals surface area contributed by atoms with Crippen LogP contribution >= 0.6 is 0 Å². The second-order valence-electron chi connectivity index (χ2n) is 4.06. The van der Waals surface area contributed by atoms with Crippen molar-refractivity contribution in [1.29, 1.82) is 0 Å². The summed E-state index contributed by atoms with van der Waals surface area (Å²) >= 11 is 0. The van der Waals surface area contributed by atoms with Crippen molar-refractivity contribution in [2.24, 2.45) is 0 Å². The van der Waals surface area contributed by atoms with Crippen molar-refractivity contribution in [3.63, 3.8) is 0 Å². The number of nitrogens with one attached hydrogen (secondary N) is 1. The van der Waals surface area contributed by atoms with Gasteiger partial charge in [0, 0.05) is 22.4 Å². The molecule has 5 nitrogen and oxygen atoms in total. The van der Waals surface area contributed by atoms with E-state index in [1.807, 2.05) is 18.2 Å². The van der Waals surface area contributed by atoms with Gasteiger partial charge in [0.05, 0.1) is 11.6 Å². The molecule has 4 rings (SSSR count). The molecule has 5 heteroatoms. The summed E-state index contributed by atoms with van der Waals surface area (Å²) in [6.45, 7) is 0. The van der Waals surface area contributed by atoms with E-state index in [1.54, 1.807) is 12.3 Å². The first-order chi connectivity index (χ1) is 8.84. The summed E-state index contributed by atoms with van der Waals surface area (Å²) in [5.74, 6) is 0. The van der Waals surface area contributed by atoms with Gasteiger partial charge in [-0.15, -0.1) is 0 Å². The maximum absolute atomic E-state index is 11.9. The van der Waals surface area contributed by atoms with Crippen molar-refractivity contribution in [3.8, 4) is 0 Å². The van der Waals surface area contributed by atoms with Crippen molar-refractivity contribution in [1.82, 2.24) is 15.2 Å². The number of nitrogens with zero attached hydrogens (tertiary/aromatic N) is 2. The molecule has 3 aromatic heterocycles. The molecule has 0 fully saturated rings. The maximum atomic E-state index is 11.9. The molecule has 0 aliphatic rings. The van der Waals surface area contributed by atoms with E-state index >= 15 is 0 Å². The van der Waals surface area contributed by atoms with E-state index in [9.17, 15) is 4.79 Å². The number of H-pyrrole nitrogens is 1. The molecule has 18 heavy (non-hydrogen) atoms. The lowest BCUT2D eigenvalue weighted by molar-refractivity contribution is 0.569. The highest BCUT2D eigenvalue weighted by molar-refractivity contribution is 6.16. The molecule has 0 bridgehead atoms. The van der Waals surface area contributed by atoms with Gasteiger partial charge in [0.25, 0.3) is 0 Å². The normalized spacial score (nSPS) is 11.6. The van der Waals surface area contributed by atoms with Crippen LogP contribution in [0, 0.1) is 0 Å². The van der Waals surface area contributed by atoms with Gasteiger partial charge in [-0.1, -0.05) is 18.2 Å². The molecular formula is C13H7N3O2. The molecule has 86 valence electrons. The molecule has 1 N–H and O–H groups in total. The third-order valence-electron chi connectivity index (χ3n) is 3.06. The minimum absolute atomic E-state index is 0.376. The Morgan fingerprint density at radius 1 is 1.06 bits per heavy atom. The van der Waals surface area contributed by atoms with E-state index < -0.39 is 0 Å². The van der Waals surface area contributed by atoms with Crippen LogP contribution in [0.5, 0.6) is 0 Å². The van der Waals surface area contributed by atoms with Crippen LogP contribution < -0.4 is 5.63 Å². The number of aromatic amines is 1. The summed E-state index contributed by atoms with van der Waals surface area (Å²) in [4.78, 5) is 16.1. The van der Waals surface area contributed by atoms with E-state index in [0.717, 1.165) is 16.2 Å². The third-order valence-corrected chi connectivity index (χ3v) is 3.06. The number of benzene rings is 1. The molecule has 0 atom stereocenters. The van der Waals surface area contributed by atoms with E-state index in [4.69, 9.17) is 4.42 Å². The van der Waals surface area contributed by atoms with Crippen LogP contribution in [0.15, 0.2) is 45.9 Å². The van der Waals surface area contributed by atoms with E-state index in [2.05, 4.69) is 15.2 Å². The van der Waals surface area contributed by atoms with Crippen molar-refractivity contribution in [2.75, 3.05) is 0 Å². The summed E-state index contributed by atoms with van der Waals surface area (Å²) < 4.78 is 5.27. The maximum Gasteiger partial charge on any atom is 0.345 e. The predicted octanol–water partition coefficient (Wildman–Crippen LogP) is 2.22. The molecule has 0 saturated heterocycles. The first-order valence-corrected chi connectivity index (χ1v) is 5.48. The Morgan fingerprint density at radius 2 is 1.94 bits per heavy atom. The number of pyridine rings is 1. The van der Waals surface area contributed by atoms with Crippen LogP contribution in [-0.4, -0.2) is 15.2 Å². The van der Waals surface area contributed by atoms with Crippen LogP contribution in [0.25, 0.3) is 32.8 Å². The van der Waals surface area contributed by atoms with E-state index in [-0.39, 0.29) is 5.63 Å². The molecule has 0 saturated carbocycles. The van der Waals surface area contributed by atoms with Gasteiger partial charge in [-0.3, -0.25) is 5.10 Å². The Kier molecular flexibility index (Phi) is 1.64. The zero-order valence-electron chi connectivity index (χ0n) is 9.18. The van der Waals surface area contributed by atoms with Crippen LogP contribution in [0.3, 0.4) is 0 Å². The van der Waals surface area contributed by atoms with Gasteiger partial charge in [-0.2, -0.15) is 5.10 Å². The highest BCUT2D eigenvalue weighted by atomic mass is 16.4. The van der Waals surface area contributed by atoms with Crippen molar-refractivity contribution < 1.29 is 4.42 Å². The van der Waals surface area contributed by atoms with Gasteiger partial charge < -0.3 is 4.42 Å². The standard InChI is InChI=1S/C13H7N3O2/c17-13-9-5-14-12-8(6-15-16-12)11(9)7-3-1-2-4-10(7)18-13/h1-6H,(H,14,15,16). The Bertz CT molecular complexity index is 953. The van der Waals surface area contributed by atoms with Gasteiger partial charge in [0.2, 0.25) is 0 Å². The molecule has 4 aromatic rings. The van der Waals surface area contributed by atoms with Crippen LogP contribution in [0.4, 0.5) is 0 Å². The monoisotopic (exact) mass is 237 g/mol. The zero-order valence-corrected chi connectivity index (χ0v) is 9.18. The Labute approximate surface area is 100 Å². The average Bonchev–Trinajstić information content (AvgIpc) is 2.86. The van der Waals surface area contributed by atoms with E-state index in [1.165, 1.54) is 6.20 Å². The predicted molar refractivity (Wildman–Crippen MR) is 67.4 cm³/mol. The van der Waals surface area contributed by atoms with Crippen molar-refractivity contribution in [2.45, 2.75) is 0 Å². The number of hydrogen-bond donors (Lipinski definition) is 1. The van der Waals surface area contributed by atoms with E-state index in [0.29, 0.717) is 16.6 Å². The molecular weight excluding hydrogens is 230 g/mol. The smallest absolute Gasteiger partial charge is 0.345 e. The first-order valence-electron chi connectivity index (χ1n) is 5.48. The molecule has 1 aromatic carbocycles. The summed E-state index contributed by atoms with van der Waals surface area (Å²) in [5.41, 5.74) is 0.862. The lowest BCUT2D eigenvalue weighted by Crippen LogP contribution is -2.00. The minimum Gasteiger partial charge on any atom is -0.422 e. The summed E-state index contributed by atoms with van der Waals surface area (Å²) in [7, 11) is 0. The number of fused-ring (bicyclic) bond motifs is 5. The molecule has 0 radical (unpaired) electrons. The number of hydrogen-bond acceptors (Lipinski definition) is 4. The molecule has 0 aliphatic carbocycles. The minimum atomic E-state index is -0.376. The molecule has 0 spiro atoms. The summed E-state index contributed by atoms with van der Waals surface area (Å²) in [6, 6.07) is 7.45. The largest absolute Gasteiger partial charge is 0.422 e. The first kappa shape index (κ1) is 9.35. The highest BCUT2D eigenvalue weighted by Gasteiger charge is 2.11. The third kappa shape index (κ3) is 1.08.